The summed E-state index contributed by atoms with van der Waals surface area (Å²) in [7, 11) is 0. The molecule has 7 nitrogen and oxygen atoms in total. The van der Waals surface area contributed by atoms with Crippen molar-refractivity contribution in [2.45, 2.75) is 59.0 Å². The highest BCUT2D eigenvalue weighted by Gasteiger charge is 2.34. The lowest BCUT2D eigenvalue weighted by molar-refractivity contribution is -0.152. The molecule has 0 unspecified atom stereocenters. The molecule has 0 spiro atoms. The van der Waals surface area contributed by atoms with Gasteiger partial charge in [-0.05, 0) is 53.4 Å². The Morgan fingerprint density at radius 3 is 1.88 bits per heavy atom. The van der Waals surface area contributed by atoms with E-state index in [1.165, 1.54) is 0 Å². The van der Waals surface area contributed by atoms with Crippen molar-refractivity contribution in [2.24, 2.45) is 11.8 Å². The van der Waals surface area contributed by atoms with E-state index in [4.69, 9.17) is 9.47 Å². The summed E-state index contributed by atoms with van der Waals surface area (Å²) in [5, 5.41) is 0. The second kappa shape index (κ2) is 8.73. The smallest absolute Gasteiger partial charge is 0.410 e. The normalized spacial score (nSPS) is 20.0. The lowest BCUT2D eigenvalue weighted by Crippen LogP contribution is -2.48. The largest absolute Gasteiger partial charge is 0.466 e. The number of hydrogen-bond acceptors (Lipinski definition) is 5. The van der Waals surface area contributed by atoms with Crippen LogP contribution in [0.1, 0.15) is 53.4 Å². The molecule has 0 radical (unpaired) electrons. The summed E-state index contributed by atoms with van der Waals surface area (Å²) in [5.41, 5.74) is -0.507. The van der Waals surface area contributed by atoms with E-state index in [0.717, 1.165) is 0 Å². The first-order valence-corrected chi connectivity index (χ1v) is 9.64. The zero-order valence-electron chi connectivity index (χ0n) is 16.5. The van der Waals surface area contributed by atoms with Crippen LogP contribution in [0.4, 0.5) is 4.79 Å². The summed E-state index contributed by atoms with van der Waals surface area (Å²) in [6.07, 6.45) is 2.35. The van der Waals surface area contributed by atoms with Gasteiger partial charge in [0.05, 0.1) is 12.5 Å². The lowest BCUT2D eigenvalue weighted by atomic mass is 9.92. The van der Waals surface area contributed by atoms with Crippen molar-refractivity contribution in [3.05, 3.63) is 0 Å². The molecule has 0 aromatic carbocycles. The fraction of sp³-hybridized carbons (Fsp3) is 0.842. The van der Waals surface area contributed by atoms with E-state index in [1.54, 1.807) is 11.8 Å². The van der Waals surface area contributed by atoms with Crippen LogP contribution in [-0.4, -0.2) is 66.2 Å². The molecule has 148 valence electrons. The number of rotatable bonds is 3. The number of hydrogen-bond donors (Lipinski definition) is 0. The molecule has 0 aromatic rings. The minimum Gasteiger partial charge on any atom is -0.466 e. The van der Waals surface area contributed by atoms with Crippen molar-refractivity contribution < 1.29 is 23.9 Å². The highest BCUT2D eigenvalue weighted by Crippen LogP contribution is 2.25. The van der Waals surface area contributed by atoms with Crippen LogP contribution >= 0.6 is 0 Å². The Morgan fingerprint density at radius 1 is 0.885 bits per heavy atom. The van der Waals surface area contributed by atoms with Crippen molar-refractivity contribution >= 4 is 18.0 Å². The number of amides is 2. The molecule has 2 amide bonds. The third-order valence-corrected chi connectivity index (χ3v) is 4.92. The number of esters is 1. The first-order chi connectivity index (χ1) is 12.2. The van der Waals surface area contributed by atoms with Crippen LogP contribution in [-0.2, 0) is 19.1 Å². The van der Waals surface area contributed by atoms with Crippen molar-refractivity contribution in [3.8, 4) is 0 Å². The molecule has 2 rings (SSSR count). The maximum Gasteiger partial charge on any atom is 0.410 e. The van der Waals surface area contributed by atoms with Crippen LogP contribution in [0.25, 0.3) is 0 Å². The average molecular weight is 368 g/mol. The average Bonchev–Trinajstić information content (AvgIpc) is 2.60. The van der Waals surface area contributed by atoms with E-state index in [1.807, 2.05) is 25.7 Å². The van der Waals surface area contributed by atoms with Gasteiger partial charge in [-0.1, -0.05) is 0 Å². The molecule has 2 aliphatic rings. The highest BCUT2D eigenvalue weighted by molar-refractivity contribution is 5.80. The maximum atomic E-state index is 12.7. The molecule has 0 atom stereocenters. The Hall–Kier alpha value is -1.79. The predicted octanol–water partition coefficient (Wildman–Crippen LogP) is 2.44. The van der Waals surface area contributed by atoms with E-state index >= 15 is 0 Å². The van der Waals surface area contributed by atoms with E-state index in [2.05, 4.69) is 0 Å². The predicted molar refractivity (Wildman–Crippen MR) is 96.5 cm³/mol. The molecule has 2 aliphatic heterocycles. The number of nitrogens with zero attached hydrogens (tertiary/aromatic N) is 2. The number of piperidine rings is 2. The summed E-state index contributed by atoms with van der Waals surface area (Å²) in [6, 6.07) is 0. The van der Waals surface area contributed by atoms with Gasteiger partial charge in [0.25, 0.3) is 0 Å². The number of likely N-dealkylation sites (tertiary alicyclic amines) is 2. The third kappa shape index (κ3) is 5.61. The topological polar surface area (TPSA) is 76.2 Å². The van der Waals surface area contributed by atoms with Gasteiger partial charge in [0.15, 0.2) is 0 Å². The Morgan fingerprint density at radius 2 is 1.38 bits per heavy atom. The number of ether oxygens (including phenoxy) is 2. The van der Waals surface area contributed by atoms with Gasteiger partial charge in [-0.3, -0.25) is 9.59 Å². The third-order valence-electron chi connectivity index (χ3n) is 4.92. The molecule has 2 heterocycles. The molecule has 0 N–H and O–H groups in total. The summed E-state index contributed by atoms with van der Waals surface area (Å²) < 4.78 is 10.5. The zero-order chi connectivity index (χ0) is 19.3. The molecule has 0 bridgehead atoms. The minimum atomic E-state index is -0.507. The van der Waals surface area contributed by atoms with Crippen LogP contribution in [0.15, 0.2) is 0 Å². The van der Waals surface area contributed by atoms with E-state index in [0.29, 0.717) is 58.5 Å². The zero-order valence-corrected chi connectivity index (χ0v) is 16.5. The van der Waals surface area contributed by atoms with Crippen molar-refractivity contribution in [3.63, 3.8) is 0 Å². The number of carbonyl (C=O) groups excluding carboxylic acids is 3. The molecular weight excluding hydrogens is 336 g/mol. The molecule has 0 aromatic heterocycles. The minimum absolute atomic E-state index is 0.0483. The summed E-state index contributed by atoms with van der Waals surface area (Å²) in [4.78, 5) is 40.2. The Bertz CT molecular complexity index is 513. The van der Waals surface area contributed by atoms with Gasteiger partial charge in [0.2, 0.25) is 5.91 Å². The number of carbonyl (C=O) groups is 3. The Balaban J connectivity index is 1.77. The molecule has 7 heteroatoms. The molecule has 0 aliphatic carbocycles. The van der Waals surface area contributed by atoms with Gasteiger partial charge in [-0.15, -0.1) is 0 Å². The quantitative estimate of drug-likeness (QED) is 0.715. The van der Waals surface area contributed by atoms with Gasteiger partial charge in [0.1, 0.15) is 5.60 Å². The lowest BCUT2D eigenvalue weighted by Gasteiger charge is -2.37. The first kappa shape index (κ1) is 20.5. The van der Waals surface area contributed by atoms with Gasteiger partial charge in [0, 0.05) is 32.1 Å². The van der Waals surface area contributed by atoms with Crippen LogP contribution in [0.3, 0.4) is 0 Å². The van der Waals surface area contributed by atoms with Crippen molar-refractivity contribution in [1.29, 1.82) is 0 Å². The monoisotopic (exact) mass is 368 g/mol. The van der Waals surface area contributed by atoms with Gasteiger partial charge >= 0.3 is 12.1 Å². The summed E-state index contributed by atoms with van der Waals surface area (Å²) in [6.45, 7) is 10.1. The molecule has 0 saturated carbocycles. The molecule has 2 fully saturated rings. The van der Waals surface area contributed by atoms with Crippen molar-refractivity contribution in [2.75, 3.05) is 32.8 Å². The van der Waals surface area contributed by atoms with Crippen LogP contribution in [0.2, 0.25) is 0 Å². The summed E-state index contributed by atoms with van der Waals surface area (Å²) in [5.74, 6) is -0.137. The SMILES string of the molecule is CCOC(=O)C1CCN(C(=O)C2CCN(C(=O)OC(C)(C)C)CC2)CC1. The Labute approximate surface area is 156 Å². The highest BCUT2D eigenvalue weighted by atomic mass is 16.6. The van der Waals surface area contributed by atoms with Crippen LogP contribution in [0.5, 0.6) is 0 Å². The second-order valence-corrected chi connectivity index (χ2v) is 8.09. The van der Waals surface area contributed by atoms with E-state index < -0.39 is 5.60 Å². The Kier molecular flexibility index (Phi) is 6.89. The molecule has 26 heavy (non-hydrogen) atoms. The van der Waals surface area contributed by atoms with Crippen LogP contribution < -0.4 is 0 Å². The van der Waals surface area contributed by atoms with Gasteiger partial charge < -0.3 is 19.3 Å². The second-order valence-electron chi connectivity index (χ2n) is 8.09. The van der Waals surface area contributed by atoms with Gasteiger partial charge in [-0.2, -0.15) is 0 Å². The maximum absolute atomic E-state index is 12.7. The fourth-order valence-electron chi connectivity index (χ4n) is 3.49. The fourth-order valence-corrected chi connectivity index (χ4v) is 3.49. The van der Waals surface area contributed by atoms with Gasteiger partial charge in [-0.25, -0.2) is 4.79 Å². The summed E-state index contributed by atoms with van der Waals surface area (Å²) >= 11 is 0. The standard InChI is InChI=1S/C19H32N2O5/c1-5-25-17(23)15-8-10-20(11-9-15)16(22)14-6-12-21(13-7-14)18(24)26-19(2,3)4/h14-15H,5-13H2,1-4H3. The van der Waals surface area contributed by atoms with Crippen molar-refractivity contribution in [1.82, 2.24) is 9.80 Å². The molecule has 2 saturated heterocycles. The van der Waals surface area contributed by atoms with E-state index in [-0.39, 0.29) is 29.8 Å². The molecular formula is C19H32N2O5. The first-order valence-electron chi connectivity index (χ1n) is 9.64. The van der Waals surface area contributed by atoms with Crippen LogP contribution in [0, 0.1) is 11.8 Å². The van der Waals surface area contributed by atoms with E-state index in [9.17, 15) is 14.4 Å².